The van der Waals surface area contributed by atoms with Crippen LogP contribution < -0.4 is 14.5 Å². The van der Waals surface area contributed by atoms with Gasteiger partial charge in [0.1, 0.15) is 24.9 Å². The van der Waals surface area contributed by atoms with E-state index in [2.05, 4.69) is 19.9 Å². The largest absolute Gasteiger partial charge is 0.494 e. The van der Waals surface area contributed by atoms with E-state index in [-0.39, 0.29) is 17.0 Å². The van der Waals surface area contributed by atoms with Gasteiger partial charge in [0.05, 0.1) is 17.7 Å². The summed E-state index contributed by atoms with van der Waals surface area (Å²) in [6.07, 6.45) is 7.00. The SMILES string of the molecule is CN(CCOc1ccc(Cc2sc(=O)[nH]c2O)cc1)c1ncnc2c1ncn2C1CCCCO1. The number of nitrogens with one attached hydrogen (secondary N) is 1. The topological polar surface area (TPSA) is 118 Å². The zero-order valence-electron chi connectivity index (χ0n) is 18.8. The minimum absolute atomic E-state index is 0.0256. The summed E-state index contributed by atoms with van der Waals surface area (Å²) in [6, 6.07) is 7.63. The van der Waals surface area contributed by atoms with Crippen molar-refractivity contribution in [1.29, 1.82) is 0 Å². The lowest BCUT2D eigenvalue weighted by Gasteiger charge is -2.24. The Balaban J connectivity index is 1.19. The van der Waals surface area contributed by atoms with Gasteiger partial charge in [-0.15, -0.1) is 0 Å². The fourth-order valence-electron chi connectivity index (χ4n) is 4.04. The predicted molar refractivity (Wildman–Crippen MR) is 129 cm³/mol. The molecule has 3 aromatic heterocycles. The molecule has 1 fully saturated rings. The molecule has 4 aromatic rings. The number of fused-ring (bicyclic) bond motifs is 1. The summed E-state index contributed by atoms with van der Waals surface area (Å²) in [5, 5.41) is 9.75. The lowest BCUT2D eigenvalue weighted by molar-refractivity contribution is -0.0298. The highest BCUT2D eigenvalue weighted by Gasteiger charge is 2.21. The number of rotatable bonds is 8. The summed E-state index contributed by atoms with van der Waals surface area (Å²) in [6.45, 7) is 1.84. The molecule has 0 amide bonds. The lowest BCUT2D eigenvalue weighted by Crippen LogP contribution is -2.25. The normalized spacial score (nSPS) is 16.1. The first-order valence-corrected chi connectivity index (χ1v) is 12.0. The Hall–Kier alpha value is -3.44. The van der Waals surface area contributed by atoms with Gasteiger partial charge in [0, 0.05) is 20.1 Å². The number of ether oxygens (including phenoxy) is 2. The highest BCUT2D eigenvalue weighted by molar-refractivity contribution is 7.09. The fourth-order valence-corrected chi connectivity index (χ4v) is 4.80. The van der Waals surface area contributed by atoms with Crippen molar-refractivity contribution in [3.8, 4) is 11.6 Å². The number of imidazole rings is 1. The smallest absolute Gasteiger partial charge is 0.307 e. The van der Waals surface area contributed by atoms with E-state index in [9.17, 15) is 9.90 Å². The van der Waals surface area contributed by atoms with Crippen LogP contribution in [0, 0.1) is 0 Å². The van der Waals surface area contributed by atoms with Crippen LogP contribution in [-0.2, 0) is 11.2 Å². The molecule has 1 unspecified atom stereocenters. The van der Waals surface area contributed by atoms with Crippen LogP contribution in [0.25, 0.3) is 11.2 Å². The molecule has 0 radical (unpaired) electrons. The third kappa shape index (κ3) is 4.75. The van der Waals surface area contributed by atoms with Gasteiger partial charge >= 0.3 is 4.87 Å². The second-order valence-electron chi connectivity index (χ2n) is 8.22. The van der Waals surface area contributed by atoms with Gasteiger partial charge in [0.15, 0.2) is 17.0 Å². The van der Waals surface area contributed by atoms with Gasteiger partial charge in [-0.2, -0.15) is 0 Å². The minimum atomic E-state index is -0.258. The Labute approximate surface area is 199 Å². The number of hydrogen-bond donors (Lipinski definition) is 2. The summed E-state index contributed by atoms with van der Waals surface area (Å²) < 4.78 is 13.8. The van der Waals surface area contributed by atoms with Gasteiger partial charge in [0.2, 0.25) is 5.88 Å². The fraction of sp³-hybridized carbons (Fsp3) is 0.391. The van der Waals surface area contributed by atoms with Crippen LogP contribution in [0.1, 0.15) is 35.9 Å². The van der Waals surface area contributed by atoms with Crippen LogP contribution in [0.4, 0.5) is 5.82 Å². The van der Waals surface area contributed by atoms with Crippen LogP contribution in [0.5, 0.6) is 11.6 Å². The van der Waals surface area contributed by atoms with E-state index in [1.54, 1.807) is 12.7 Å². The lowest BCUT2D eigenvalue weighted by atomic mass is 10.1. The first-order valence-electron chi connectivity index (χ1n) is 11.2. The maximum atomic E-state index is 11.3. The summed E-state index contributed by atoms with van der Waals surface area (Å²) in [5.74, 6) is 1.44. The number of aromatic amines is 1. The zero-order chi connectivity index (χ0) is 23.5. The van der Waals surface area contributed by atoms with Crippen LogP contribution in [-0.4, -0.2) is 56.4 Å². The molecule has 34 heavy (non-hydrogen) atoms. The Morgan fingerprint density at radius 2 is 2.12 bits per heavy atom. The Morgan fingerprint density at radius 1 is 1.26 bits per heavy atom. The second kappa shape index (κ2) is 9.82. The summed E-state index contributed by atoms with van der Waals surface area (Å²) >= 11 is 1.02. The molecule has 1 saturated heterocycles. The number of nitrogens with zero attached hydrogens (tertiary/aromatic N) is 5. The van der Waals surface area contributed by atoms with E-state index in [1.165, 1.54) is 0 Å². The number of likely N-dealkylation sites (N-methyl/N-ethyl adjacent to an activating group) is 1. The van der Waals surface area contributed by atoms with Crippen molar-refractivity contribution in [1.82, 2.24) is 24.5 Å². The second-order valence-corrected chi connectivity index (χ2v) is 9.29. The van der Waals surface area contributed by atoms with Crippen LogP contribution in [0.3, 0.4) is 0 Å². The molecule has 0 saturated carbocycles. The molecule has 0 aliphatic carbocycles. The Morgan fingerprint density at radius 3 is 2.85 bits per heavy atom. The van der Waals surface area contributed by atoms with Gasteiger partial charge in [-0.3, -0.25) is 14.3 Å². The van der Waals surface area contributed by atoms with Crippen molar-refractivity contribution in [3.05, 3.63) is 57.0 Å². The van der Waals surface area contributed by atoms with Crippen molar-refractivity contribution in [3.63, 3.8) is 0 Å². The highest BCUT2D eigenvalue weighted by atomic mass is 32.1. The molecule has 5 rings (SSSR count). The first-order chi connectivity index (χ1) is 16.6. The van der Waals surface area contributed by atoms with E-state index in [0.717, 1.165) is 65.5 Å². The standard InChI is InChI=1S/C23H26N6O4S/c1-28(20-19-21(25-13-24-20)29(14-26-19)18-4-2-3-10-33-18)9-11-32-16-7-5-15(6-8-16)12-17-22(30)27-23(31)34-17/h5-8,13-14,18,30H,2-4,9-12H2,1H3,(H,27,31). The molecule has 178 valence electrons. The zero-order valence-corrected chi connectivity index (χ0v) is 19.6. The quantitative estimate of drug-likeness (QED) is 0.393. The molecule has 0 bridgehead atoms. The maximum absolute atomic E-state index is 11.3. The summed E-state index contributed by atoms with van der Waals surface area (Å²) in [7, 11) is 1.96. The number of thiazole rings is 1. The molecule has 1 aliphatic rings. The van der Waals surface area contributed by atoms with Gasteiger partial charge in [-0.25, -0.2) is 15.0 Å². The van der Waals surface area contributed by atoms with Gasteiger partial charge in [0.25, 0.3) is 0 Å². The van der Waals surface area contributed by atoms with E-state index in [1.807, 2.05) is 40.8 Å². The molecular formula is C23H26N6O4S. The number of H-pyrrole nitrogens is 1. The van der Waals surface area contributed by atoms with Crippen LogP contribution in [0.15, 0.2) is 41.7 Å². The van der Waals surface area contributed by atoms with E-state index < -0.39 is 0 Å². The van der Waals surface area contributed by atoms with Crippen molar-refractivity contribution in [2.24, 2.45) is 0 Å². The number of anilines is 1. The number of aromatic hydroxyl groups is 1. The molecule has 1 aromatic carbocycles. The Kier molecular flexibility index (Phi) is 6.45. The van der Waals surface area contributed by atoms with Gasteiger partial charge < -0.3 is 19.5 Å². The molecule has 1 atom stereocenters. The first kappa shape index (κ1) is 22.4. The minimum Gasteiger partial charge on any atom is -0.494 e. The van der Waals surface area contributed by atoms with Crippen LogP contribution >= 0.6 is 11.3 Å². The van der Waals surface area contributed by atoms with Gasteiger partial charge in [-0.1, -0.05) is 23.5 Å². The number of aromatic nitrogens is 5. The molecular weight excluding hydrogens is 456 g/mol. The van der Waals surface area contributed by atoms with E-state index >= 15 is 0 Å². The molecule has 4 heterocycles. The van der Waals surface area contributed by atoms with Crippen molar-refractivity contribution >= 4 is 28.3 Å². The van der Waals surface area contributed by atoms with Crippen molar-refractivity contribution < 1.29 is 14.6 Å². The predicted octanol–water partition coefficient (Wildman–Crippen LogP) is 3.09. The molecule has 11 heteroatoms. The maximum Gasteiger partial charge on any atom is 0.307 e. The van der Waals surface area contributed by atoms with Crippen molar-refractivity contribution in [2.75, 3.05) is 31.7 Å². The molecule has 10 nitrogen and oxygen atoms in total. The average Bonchev–Trinajstić information content (AvgIpc) is 3.43. The van der Waals surface area contributed by atoms with Crippen molar-refractivity contribution in [2.45, 2.75) is 31.9 Å². The highest BCUT2D eigenvalue weighted by Crippen LogP contribution is 2.28. The van der Waals surface area contributed by atoms with E-state index in [4.69, 9.17) is 9.47 Å². The van der Waals surface area contributed by atoms with Crippen LogP contribution in [0.2, 0.25) is 0 Å². The molecule has 2 N–H and O–H groups in total. The number of benzene rings is 1. The third-order valence-corrected chi connectivity index (χ3v) is 6.72. The average molecular weight is 483 g/mol. The third-order valence-electron chi connectivity index (χ3n) is 5.85. The van der Waals surface area contributed by atoms with Gasteiger partial charge in [-0.05, 0) is 37.0 Å². The summed E-state index contributed by atoms with van der Waals surface area (Å²) in [4.78, 5) is 29.6. The summed E-state index contributed by atoms with van der Waals surface area (Å²) in [5.41, 5.74) is 2.51. The number of hydrogen-bond acceptors (Lipinski definition) is 9. The Bertz CT molecular complexity index is 1310. The molecule has 1 aliphatic heterocycles. The monoisotopic (exact) mass is 482 g/mol. The van der Waals surface area contributed by atoms with E-state index in [0.29, 0.717) is 24.4 Å². The molecule has 0 spiro atoms.